The predicted molar refractivity (Wildman–Crippen MR) is 331 cm³/mol. The quantitative estimate of drug-likeness (QED) is 0.161. The Morgan fingerprint density at radius 3 is 1.71 bits per heavy atom. The monoisotopic (exact) mass is 1070 g/mol. The molecule has 0 fully saturated rings. The van der Waals surface area contributed by atoms with Crippen molar-refractivity contribution >= 4 is 130 Å². The molecule has 0 aliphatic carbocycles. The van der Waals surface area contributed by atoms with Gasteiger partial charge in [0.2, 0.25) is 0 Å². The summed E-state index contributed by atoms with van der Waals surface area (Å²) in [4.78, 5) is 2.55. The molecule has 16 rings (SSSR count). The van der Waals surface area contributed by atoms with E-state index in [0.29, 0.717) is 10.9 Å². The Balaban J connectivity index is 1.09. The molecule has 0 amide bonds. The Hall–Kier alpha value is -8.80. The van der Waals surface area contributed by atoms with E-state index in [4.69, 9.17) is 10.2 Å². The molecule has 0 radical (unpaired) electrons. The van der Waals surface area contributed by atoms with Gasteiger partial charge in [0.05, 0.1) is 0 Å². The summed E-state index contributed by atoms with van der Waals surface area (Å²) in [6, 6.07) is 62.6. The number of benzene rings is 11. The van der Waals surface area contributed by atoms with E-state index in [0.717, 1.165) is 99.8 Å². The predicted octanol–water partition coefficient (Wildman–Crippen LogP) is 15.7. The van der Waals surface area contributed by atoms with Gasteiger partial charge in [0, 0.05) is 0 Å². The van der Waals surface area contributed by atoms with Crippen molar-refractivity contribution in [2.75, 3.05) is 4.90 Å². The van der Waals surface area contributed by atoms with Gasteiger partial charge in [-0.05, 0) is 0 Å². The van der Waals surface area contributed by atoms with E-state index in [1.165, 1.54) is 69.8 Å². The Morgan fingerprint density at radius 1 is 0.436 bits per heavy atom. The zero-order valence-corrected chi connectivity index (χ0v) is 45.7. The molecule has 0 saturated heterocycles. The topological polar surface area (TPSA) is 34.5 Å². The van der Waals surface area contributed by atoms with Crippen LogP contribution in [-0.2, 0) is 0 Å². The molecule has 2 aliphatic heterocycles. The van der Waals surface area contributed by atoms with Crippen molar-refractivity contribution in [3.63, 3.8) is 0 Å². The Labute approximate surface area is 465 Å². The number of fused-ring (bicyclic) bond motifs is 13. The number of furan rings is 2. The zero-order valence-electron chi connectivity index (χ0n) is 47.9. The summed E-state index contributed by atoms with van der Waals surface area (Å²) in [5, 5.41) is 5.54. The van der Waals surface area contributed by atoms with Crippen molar-refractivity contribution in [1.29, 1.82) is 0 Å². The average Bonchev–Trinajstić information content (AvgIpc) is 1.43. The molecule has 0 spiro atoms. The summed E-state index contributed by atoms with van der Waals surface area (Å²) >= 11 is -0.274. The van der Waals surface area contributed by atoms with E-state index in [-0.39, 0.29) is 45.8 Å². The molecule has 2 aliphatic rings. The fourth-order valence-electron chi connectivity index (χ4n) is 13.7. The van der Waals surface area contributed by atoms with E-state index in [1.54, 1.807) is 0 Å². The molecule has 0 bridgehead atoms. The molecule has 370 valence electrons. The van der Waals surface area contributed by atoms with Crippen LogP contribution >= 0.6 is 0 Å². The summed E-state index contributed by atoms with van der Waals surface area (Å²) in [5.41, 5.74) is 25.8. The number of rotatable bonds is 5. The molecule has 4 nitrogen and oxygen atoms in total. The van der Waals surface area contributed by atoms with Gasteiger partial charge in [-0.1, -0.05) is 0 Å². The van der Waals surface area contributed by atoms with Crippen molar-refractivity contribution in [3.05, 3.63) is 233 Å². The zero-order chi connectivity index (χ0) is 55.7. The minimum absolute atomic E-state index is 0.0611. The maximum atomic E-state index is 9.83. The van der Waals surface area contributed by atoms with Crippen LogP contribution in [0.15, 0.2) is 209 Å². The second-order valence-electron chi connectivity index (χ2n) is 21.6. The Bertz CT molecular complexity index is 5050. The number of hydrogen-bond acceptors (Lipinski definition) is 3. The van der Waals surface area contributed by atoms with Crippen molar-refractivity contribution in [2.45, 2.75) is 41.5 Å². The standard InChI is InChI=1S/C72H51BN2O2Se/c1-40-29-42(3)69(43(4)30-40)52-22-16-23-53(70-44(5)31-41(2)32-45(70)6)72(52)75-61-38-65-55(50-20-11-14-25-63(50)76-65)36-57(61)73-58-37-56-51-21-12-15-26-64(51)77-66(56)39-67(58)78-68-35-48(34-62(75)71(68)73)74-59-24-13-10-19-49(59)54-33-47(27-28-60(54)74)46-17-8-7-9-18-46/h7-39H,1-6H3/i10D,13D,19D,24D. The van der Waals surface area contributed by atoms with E-state index in [1.807, 2.05) is 30.3 Å². The molecular weight excluding hydrogens is 1010 g/mol. The van der Waals surface area contributed by atoms with Gasteiger partial charge < -0.3 is 0 Å². The van der Waals surface area contributed by atoms with Gasteiger partial charge >= 0.3 is 468 Å². The van der Waals surface area contributed by atoms with Crippen LogP contribution in [0.2, 0.25) is 0 Å². The number of hydrogen-bond donors (Lipinski definition) is 0. The van der Waals surface area contributed by atoms with Crippen molar-refractivity contribution in [3.8, 4) is 39.1 Å². The van der Waals surface area contributed by atoms with E-state index < -0.39 is 0 Å². The van der Waals surface area contributed by atoms with Crippen LogP contribution in [0.25, 0.3) is 105 Å². The van der Waals surface area contributed by atoms with Gasteiger partial charge in [-0.2, -0.15) is 0 Å². The molecule has 0 unspecified atom stereocenters. The van der Waals surface area contributed by atoms with Crippen LogP contribution in [0.4, 0.5) is 17.1 Å². The first-order valence-corrected chi connectivity index (χ1v) is 28.5. The molecule has 0 saturated carbocycles. The van der Waals surface area contributed by atoms with Gasteiger partial charge in [-0.15, -0.1) is 0 Å². The van der Waals surface area contributed by atoms with Crippen molar-refractivity contribution in [1.82, 2.24) is 4.57 Å². The molecule has 5 heterocycles. The van der Waals surface area contributed by atoms with Crippen molar-refractivity contribution < 1.29 is 14.3 Å². The summed E-state index contributed by atoms with van der Waals surface area (Å²) in [5.74, 6) is 0. The van der Waals surface area contributed by atoms with Gasteiger partial charge in [0.25, 0.3) is 0 Å². The summed E-state index contributed by atoms with van der Waals surface area (Å²) in [6.45, 7) is 13.1. The molecule has 3 aromatic heterocycles. The van der Waals surface area contributed by atoms with Crippen LogP contribution in [-0.4, -0.2) is 26.2 Å². The van der Waals surface area contributed by atoms with Gasteiger partial charge in [0.15, 0.2) is 0 Å². The molecule has 0 atom stereocenters. The van der Waals surface area contributed by atoms with Gasteiger partial charge in [-0.25, -0.2) is 0 Å². The SMILES string of the molecule is [2H]c1c([2H])c([2H])c2c(c1[2H])c1cc(-c3ccccc3)ccc1n2-c1cc2c3c(c1)N(c1c(-c4c(C)cc(C)cc4C)cccc1-c1c(C)cc(C)cc1C)c1cc4oc5ccccc5c4cc1B3c1cc3c(cc1[Se]2)oc1ccccc13. The van der Waals surface area contributed by atoms with Gasteiger partial charge in [-0.3, -0.25) is 0 Å². The molecule has 0 N–H and O–H groups in total. The number of nitrogens with zero attached hydrogens (tertiary/aromatic N) is 2. The van der Waals surface area contributed by atoms with Crippen molar-refractivity contribution in [2.24, 2.45) is 0 Å². The first kappa shape index (κ1) is 41.4. The van der Waals surface area contributed by atoms with Crippen LogP contribution < -0.4 is 30.2 Å². The number of para-hydroxylation sites is 4. The minimum atomic E-state index is -0.274. The third-order valence-corrected chi connectivity index (χ3v) is 19.0. The molecule has 11 aromatic carbocycles. The summed E-state index contributed by atoms with van der Waals surface area (Å²) in [7, 11) is 0. The Morgan fingerprint density at radius 2 is 1.04 bits per heavy atom. The first-order valence-electron chi connectivity index (χ1n) is 28.8. The van der Waals surface area contributed by atoms with E-state index >= 15 is 0 Å². The second kappa shape index (κ2) is 16.9. The van der Waals surface area contributed by atoms with E-state index in [2.05, 4.69) is 197 Å². The summed E-state index contributed by atoms with van der Waals surface area (Å²) < 4.78 is 55.9. The van der Waals surface area contributed by atoms with E-state index in [9.17, 15) is 4.11 Å². The van der Waals surface area contributed by atoms with Crippen LogP contribution in [0.1, 0.15) is 38.9 Å². The van der Waals surface area contributed by atoms with Crippen LogP contribution in [0.3, 0.4) is 0 Å². The normalized spacial score (nSPS) is 13.6. The second-order valence-corrected chi connectivity index (χ2v) is 23.9. The third kappa shape index (κ3) is 6.60. The number of aryl methyl sites for hydroxylation is 6. The maximum absolute atomic E-state index is 9.83. The molecular formula is C72H51BN2O2Se. The fraction of sp³-hybridized carbons (Fsp3) is 0.0833. The molecule has 78 heavy (non-hydrogen) atoms. The van der Waals surface area contributed by atoms with Gasteiger partial charge in [0.1, 0.15) is 0 Å². The first-order chi connectivity index (χ1) is 39.8. The third-order valence-electron chi connectivity index (χ3n) is 16.7. The average molecular weight is 1070 g/mol. The van der Waals surface area contributed by atoms with Crippen LogP contribution in [0.5, 0.6) is 0 Å². The fourth-order valence-corrected chi connectivity index (χ4v) is 16.3. The number of anilines is 3. The van der Waals surface area contributed by atoms with Crippen LogP contribution in [0, 0.1) is 41.5 Å². The number of aromatic nitrogens is 1. The Kier molecular flexibility index (Phi) is 8.94. The summed E-state index contributed by atoms with van der Waals surface area (Å²) in [6.07, 6.45) is 0. The molecule has 14 aromatic rings. The molecule has 6 heteroatoms.